The van der Waals surface area contributed by atoms with Gasteiger partial charge in [0, 0.05) is 0 Å². The van der Waals surface area contributed by atoms with Gasteiger partial charge in [-0.2, -0.15) is 0 Å². The Morgan fingerprint density at radius 2 is 2.12 bits per heavy atom. The molecule has 2 heterocycles. The summed E-state index contributed by atoms with van der Waals surface area (Å²) < 4.78 is 11.0. The molecule has 0 aromatic heterocycles. The van der Waals surface area contributed by atoms with Crippen LogP contribution < -0.4 is 15.0 Å². The van der Waals surface area contributed by atoms with Gasteiger partial charge in [0.05, 0.1) is 17.1 Å². The van der Waals surface area contributed by atoms with E-state index < -0.39 is 22.8 Å². The van der Waals surface area contributed by atoms with Gasteiger partial charge in [0.25, 0.3) is 11.1 Å². The summed E-state index contributed by atoms with van der Waals surface area (Å²) in [6.45, 7) is 6.16. The topological polar surface area (TPSA) is 84.9 Å². The van der Waals surface area contributed by atoms with Crippen LogP contribution in [0.25, 0.3) is 6.08 Å². The van der Waals surface area contributed by atoms with Gasteiger partial charge in [0.2, 0.25) is 0 Å². The number of imide groups is 1. The van der Waals surface area contributed by atoms with Crippen molar-refractivity contribution < 1.29 is 23.9 Å². The third-order valence-corrected chi connectivity index (χ3v) is 4.21. The Hall–Kier alpha value is -2.48. The minimum Gasteiger partial charge on any atom is -0.490 e. The predicted octanol–water partition coefficient (Wildman–Crippen LogP) is 3.14. The fourth-order valence-electron chi connectivity index (χ4n) is 2.40. The lowest BCUT2D eigenvalue weighted by atomic mass is 10.1. The molecule has 0 bridgehead atoms. The molecule has 1 N–H and O–H groups in total. The zero-order chi connectivity index (χ0) is 18.2. The van der Waals surface area contributed by atoms with Crippen molar-refractivity contribution in [3.05, 3.63) is 28.7 Å². The molecule has 8 heteroatoms. The number of amides is 3. The Balaban J connectivity index is 1.90. The summed E-state index contributed by atoms with van der Waals surface area (Å²) in [4.78, 5) is 37.2. The maximum absolute atomic E-state index is 12.4. The number of carbonyl (C=O) groups excluding carboxylic acids is 3. The summed E-state index contributed by atoms with van der Waals surface area (Å²) in [6.07, 6.45) is 1.15. The minimum atomic E-state index is -0.603. The average molecular weight is 362 g/mol. The van der Waals surface area contributed by atoms with Gasteiger partial charge in [0.15, 0.2) is 0 Å². The highest BCUT2D eigenvalue weighted by Crippen LogP contribution is 2.35. The van der Waals surface area contributed by atoms with Crippen LogP contribution in [0.3, 0.4) is 0 Å². The van der Waals surface area contributed by atoms with Crippen molar-refractivity contribution in [1.82, 2.24) is 5.32 Å². The predicted molar refractivity (Wildman–Crippen MR) is 94.6 cm³/mol. The molecule has 0 atom stereocenters. The number of hydrogen-bond donors (Lipinski definition) is 1. The fourth-order valence-corrected chi connectivity index (χ4v) is 3.09. The Morgan fingerprint density at radius 3 is 2.76 bits per heavy atom. The van der Waals surface area contributed by atoms with Gasteiger partial charge in [-0.1, -0.05) is 6.07 Å². The molecule has 25 heavy (non-hydrogen) atoms. The van der Waals surface area contributed by atoms with E-state index in [1.54, 1.807) is 45.0 Å². The molecule has 2 aliphatic rings. The van der Waals surface area contributed by atoms with Gasteiger partial charge in [0.1, 0.15) is 18.0 Å². The van der Waals surface area contributed by atoms with Gasteiger partial charge in [-0.3, -0.25) is 19.8 Å². The van der Waals surface area contributed by atoms with Crippen LogP contribution in [0.5, 0.6) is 5.75 Å². The number of thioether (sulfide) groups is 1. The monoisotopic (exact) mass is 362 g/mol. The number of carbonyl (C=O) groups is 3. The second-order valence-electron chi connectivity index (χ2n) is 6.56. The fraction of sp³-hybridized carbons (Fsp3) is 0.353. The van der Waals surface area contributed by atoms with E-state index in [4.69, 9.17) is 9.47 Å². The first kappa shape index (κ1) is 17.3. The maximum atomic E-state index is 12.4. The number of fused-ring (bicyclic) bond motifs is 1. The van der Waals surface area contributed by atoms with Gasteiger partial charge >= 0.3 is 6.09 Å². The molecular formula is C17H18N2O5S. The molecule has 132 valence electrons. The van der Waals surface area contributed by atoms with Crippen molar-refractivity contribution in [3.8, 4) is 5.75 Å². The normalized spacial score (nSPS) is 18.7. The van der Waals surface area contributed by atoms with Crippen LogP contribution in [0.15, 0.2) is 23.1 Å². The summed E-state index contributed by atoms with van der Waals surface area (Å²) in [5, 5.41) is 1.81. The van der Waals surface area contributed by atoms with Crippen LogP contribution in [-0.4, -0.2) is 36.0 Å². The first-order chi connectivity index (χ1) is 11.7. The van der Waals surface area contributed by atoms with E-state index in [2.05, 4.69) is 5.32 Å². The molecule has 0 spiro atoms. The highest BCUT2D eigenvalue weighted by atomic mass is 32.2. The van der Waals surface area contributed by atoms with Crippen LogP contribution in [0.1, 0.15) is 26.3 Å². The molecule has 3 rings (SSSR count). The van der Waals surface area contributed by atoms with Crippen LogP contribution >= 0.6 is 11.8 Å². The summed E-state index contributed by atoms with van der Waals surface area (Å²) in [5.41, 5.74) is 0.656. The summed E-state index contributed by atoms with van der Waals surface area (Å²) in [7, 11) is 0. The third-order valence-electron chi connectivity index (χ3n) is 3.40. The summed E-state index contributed by atoms with van der Waals surface area (Å²) >= 11 is 0.846. The van der Waals surface area contributed by atoms with E-state index in [0.29, 0.717) is 35.1 Å². The van der Waals surface area contributed by atoms with Crippen molar-refractivity contribution in [2.24, 2.45) is 0 Å². The minimum absolute atomic E-state index is 0.311. The molecule has 0 radical (unpaired) electrons. The smallest absolute Gasteiger partial charge is 0.415 e. The van der Waals surface area contributed by atoms with E-state index >= 15 is 0 Å². The first-order valence-corrected chi connectivity index (χ1v) is 8.57. The highest BCUT2D eigenvalue weighted by molar-refractivity contribution is 8.18. The largest absolute Gasteiger partial charge is 0.490 e. The molecule has 1 fully saturated rings. The molecule has 0 aliphatic carbocycles. The van der Waals surface area contributed by atoms with E-state index in [0.717, 1.165) is 11.8 Å². The number of nitrogens with one attached hydrogen (secondary N) is 1. The average Bonchev–Trinajstić information content (AvgIpc) is 2.82. The number of benzene rings is 1. The molecule has 0 saturated carbocycles. The second-order valence-corrected chi connectivity index (χ2v) is 7.57. The molecule has 1 saturated heterocycles. The standard InChI is InChI=1S/C17H18N2O5S/c1-17(2,3)24-16(22)19-6-7-23-12-5-4-10(8-11(12)19)9-13-14(20)18-15(21)25-13/h4-5,8-9H,6-7H2,1-3H3,(H,18,20,21). The van der Waals surface area contributed by atoms with Crippen molar-refractivity contribution in [2.45, 2.75) is 26.4 Å². The van der Waals surface area contributed by atoms with E-state index in [1.807, 2.05) is 0 Å². The molecule has 1 aromatic rings. The lowest BCUT2D eigenvalue weighted by Gasteiger charge is -2.31. The van der Waals surface area contributed by atoms with Gasteiger partial charge in [-0.05, 0) is 56.3 Å². The van der Waals surface area contributed by atoms with Gasteiger partial charge in [-0.25, -0.2) is 4.79 Å². The van der Waals surface area contributed by atoms with Crippen LogP contribution in [0.2, 0.25) is 0 Å². The van der Waals surface area contributed by atoms with E-state index in [9.17, 15) is 14.4 Å². The number of nitrogens with zero attached hydrogens (tertiary/aromatic N) is 1. The summed E-state index contributed by atoms with van der Waals surface area (Å²) in [6, 6.07) is 5.24. The van der Waals surface area contributed by atoms with Crippen molar-refractivity contribution in [3.63, 3.8) is 0 Å². The zero-order valence-electron chi connectivity index (χ0n) is 14.1. The Morgan fingerprint density at radius 1 is 1.36 bits per heavy atom. The quantitative estimate of drug-likeness (QED) is 0.773. The van der Waals surface area contributed by atoms with E-state index in [1.165, 1.54) is 4.90 Å². The Kier molecular flexibility index (Phi) is 4.47. The van der Waals surface area contributed by atoms with Gasteiger partial charge in [-0.15, -0.1) is 0 Å². The molecule has 2 aliphatic heterocycles. The number of anilines is 1. The van der Waals surface area contributed by atoms with E-state index in [-0.39, 0.29) is 0 Å². The maximum Gasteiger partial charge on any atom is 0.415 e. The Labute approximate surface area is 149 Å². The molecule has 3 amide bonds. The third kappa shape index (κ3) is 3.96. The van der Waals surface area contributed by atoms with Crippen LogP contribution in [0.4, 0.5) is 15.3 Å². The number of rotatable bonds is 1. The molecule has 7 nitrogen and oxygen atoms in total. The lowest BCUT2D eigenvalue weighted by Crippen LogP contribution is -2.41. The highest BCUT2D eigenvalue weighted by Gasteiger charge is 2.29. The first-order valence-electron chi connectivity index (χ1n) is 7.75. The van der Waals surface area contributed by atoms with Crippen molar-refractivity contribution in [2.75, 3.05) is 18.1 Å². The van der Waals surface area contributed by atoms with Gasteiger partial charge < -0.3 is 9.47 Å². The second kappa shape index (κ2) is 6.44. The number of hydrogen-bond acceptors (Lipinski definition) is 6. The van der Waals surface area contributed by atoms with Crippen LogP contribution in [-0.2, 0) is 9.53 Å². The number of ether oxygens (including phenoxy) is 2. The zero-order valence-corrected chi connectivity index (χ0v) is 14.9. The van der Waals surface area contributed by atoms with Crippen LogP contribution in [0, 0.1) is 0 Å². The molecule has 1 aromatic carbocycles. The molecular weight excluding hydrogens is 344 g/mol. The Bertz CT molecular complexity index is 782. The van der Waals surface area contributed by atoms with Crippen molar-refractivity contribution in [1.29, 1.82) is 0 Å². The summed E-state index contributed by atoms with van der Waals surface area (Å²) in [5.74, 6) is 0.145. The molecule has 0 unspecified atom stereocenters. The SMILES string of the molecule is CC(C)(C)OC(=O)N1CCOc2ccc(C=C3SC(=O)NC3=O)cc21. The lowest BCUT2D eigenvalue weighted by molar-refractivity contribution is -0.115. The van der Waals surface area contributed by atoms with Crippen molar-refractivity contribution >= 4 is 40.8 Å².